The second-order valence-electron chi connectivity index (χ2n) is 4.10. The number of rotatable bonds is 4. The van der Waals surface area contributed by atoms with Gasteiger partial charge in [-0.15, -0.1) is 0 Å². The summed E-state index contributed by atoms with van der Waals surface area (Å²) in [6.45, 7) is 2.06. The van der Waals surface area contributed by atoms with Gasteiger partial charge in [0.25, 0.3) is 0 Å². The van der Waals surface area contributed by atoms with E-state index in [4.69, 9.17) is 11.6 Å². The molecule has 1 N–H and O–H groups in total. The molecule has 1 aromatic heterocycles. The maximum Gasteiger partial charge on any atom is 0.129 e. The molecule has 0 amide bonds. The van der Waals surface area contributed by atoms with E-state index in [1.807, 2.05) is 6.07 Å². The number of nitrogens with one attached hydrogen (secondary N) is 1. The van der Waals surface area contributed by atoms with E-state index in [-0.39, 0.29) is 0 Å². The van der Waals surface area contributed by atoms with Gasteiger partial charge in [-0.05, 0) is 37.1 Å². The monoisotopic (exact) mass is 258 g/mol. The first-order valence-corrected chi connectivity index (χ1v) is 7.27. The lowest BCUT2D eigenvalue weighted by atomic mass is 10.2. The Morgan fingerprint density at radius 2 is 2.44 bits per heavy atom. The smallest absolute Gasteiger partial charge is 0.129 e. The van der Waals surface area contributed by atoms with Crippen LogP contribution in [0.4, 0.5) is 0 Å². The van der Waals surface area contributed by atoms with Crippen molar-refractivity contribution >= 4 is 22.4 Å². The highest BCUT2D eigenvalue weighted by atomic mass is 35.5. The molecule has 2 heterocycles. The molecule has 0 unspecified atom stereocenters. The second-order valence-corrected chi connectivity index (χ2v) is 5.99. The first kappa shape index (κ1) is 12.0. The van der Waals surface area contributed by atoms with E-state index in [2.05, 4.69) is 10.3 Å². The summed E-state index contributed by atoms with van der Waals surface area (Å²) in [5, 5.41) is 3.77. The van der Waals surface area contributed by atoms with Crippen molar-refractivity contribution in [2.45, 2.75) is 12.2 Å². The highest BCUT2D eigenvalue weighted by Gasteiger charge is 2.17. The molecule has 2 rings (SSSR count). The second kappa shape index (κ2) is 5.75. The van der Waals surface area contributed by atoms with Gasteiger partial charge in [-0.1, -0.05) is 17.7 Å². The van der Waals surface area contributed by atoms with E-state index in [0.29, 0.717) is 16.8 Å². The molecule has 0 saturated carbocycles. The molecule has 1 aliphatic rings. The number of aromatic nitrogens is 1. The van der Waals surface area contributed by atoms with E-state index in [1.165, 1.54) is 0 Å². The van der Waals surface area contributed by atoms with E-state index in [0.717, 1.165) is 30.8 Å². The average molecular weight is 259 g/mol. The SMILES string of the molecule is O=[S@@](Cc1ccc(Cl)nc1)C[C@@H]1CCNC1. The zero-order chi connectivity index (χ0) is 11.4. The van der Waals surface area contributed by atoms with Crippen LogP contribution in [-0.4, -0.2) is 28.0 Å². The highest BCUT2D eigenvalue weighted by molar-refractivity contribution is 7.84. The van der Waals surface area contributed by atoms with Gasteiger partial charge in [0.2, 0.25) is 0 Å². The summed E-state index contributed by atoms with van der Waals surface area (Å²) < 4.78 is 11.9. The molecule has 0 aliphatic carbocycles. The molecule has 1 fully saturated rings. The van der Waals surface area contributed by atoms with Crippen molar-refractivity contribution in [3.63, 3.8) is 0 Å². The maximum atomic E-state index is 11.9. The third-order valence-corrected chi connectivity index (χ3v) is 4.42. The molecule has 0 aromatic carbocycles. The fraction of sp³-hybridized carbons (Fsp3) is 0.545. The average Bonchev–Trinajstić information content (AvgIpc) is 2.74. The number of pyridine rings is 1. The van der Waals surface area contributed by atoms with Gasteiger partial charge in [0.05, 0.1) is 5.75 Å². The Kier molecular flexibility index (Phi) is 4.32. The predicted octanol–water partition coefficient (Wildman–Crippen LogP) is 1.59. The zero-order valence-corrected chi connectivity index (χ0v) is 10.6. The van der Waals surface area contributed by atoms with Crippen LogP contribution < -0.4 is 5.32 Å². The van der Waals surface area contributed by atoms with Crippen molar-refractivity contribution in [3.05, 3.63) is 29.0 Å². The summed E-state index contributed by atoms with van der Waals surface area (Å²) >= 11 is 5.69. The lowest BCUT2D eigenvalue weighted by molar-refractivity contribution is 0.632. The largest absolute Gasteiger partial charge is 0.316 e. The fourth-order valence-corrected chi connectivity index (χ4v) is 3.44. The zero-order valence-electron chi connectivity index (χ0n) is 8.99. The van der Waals surface area contributed by atoms with Crippen molar-refractivity contribution in [1.82, 2.24) is 10.3 Å². The maximum absolute atomic E-state index is 11.9. The molecule has 5 heteroatoms. The first-order valence-electron chi connectivity index (χ1n) is 5.40. The van der Waals surface area contributed by atoms with Gasteiger partial charge >= 0.3 is 0 Å². The normalized spacial score (nSPS) is 22.2. The summed E-state index contributed by atoms with van der Waals surface area (Å²) in [5.41, 5.74) is 0.994. The molecule has 1 aliphatic heterocycles. The topological polar surface area (TPSA) is 42.0 Å². The molecule has 0 radical (unpaired) electrons. The quantitative estimate of drug-likeness (QED) is 0.834. The predicted molar refractivity (Wildman–Crippen MR) is 66.9 cm³/mol. The molecule has 3 nitrogen and oxygen atoms in total. The molecular weight excluding hydrogens is 244 g/mol. The number of nitrogens with zero attached hydrogens (tertiary/aromatic N) is 1. The molecular formula is C11H15ClN2OS. The Bertz CT molecular complexity index is 363. The van der Waals surface area contributed by atoms with Crippen LogP contribution in [0.2, 0.25) is 5.15 Å². The van der Waals surface area contributed by atoms with Crippen molar-refractivity contribution in [1.29, 1.82) is 0 Å². The minimum absolute atomic E-state index is 0.481. The van der Waals surface area contributed by atoms with Crippen LogP contribution in [0.5, 0.6) is 0 Å². The Balaban J connectivity index is 1.84. The van der Waals surface area contributed by atoms with Crippen molar-refractivity contribution in [2.75, 3.05) is 18.8 Å². The molecule has 16 heavy (non-hydrogen) atoms. The minimum Gasteiger partial charge on any atom is -0.316 e. The Labute approximate surface area is 103 Å². The van der Waals surface area contributed by atoms with Crippen LogP contribution in [0.15, 0.2) is 18.3 Å². The summed E-state index contributed by atoms with van der Waals surface area (Å²) in [4.78, 5) is 3.98. The molecule has 2 atom stereocenters. The summed E-state index contributed by atoms with van der Waals surface area (Å²) in [6.07, 6.45) is 2.84. The number of hydrogen-bond acceptors (Lipinski definition) is 3. The Morgan fingerprint density at radius 1 is 1.56 bits per heavy atom. The van der Waals surface area contributed by atoms with Gasteiger partial charge in [-0.3, -0.25) is 4.21 Å². The van der Waals surface area contributed by atoms with E-state index < -0.39 is 10.8 Å². The molecule has 0 bridgehead atoms. The van der Waals surface area contributed by atoms with E-state index in [1.54, 1.807) is 12.3 Å². The standard InChI is InChI=1S/C11H15ClN2OS/c12-11-2-1-9(6-14-11)7-16(15)8-10-3-4-13-5-10/h1-2,6,10,13H,3-5,7-8H2/t10-,16+/m1/s1. The van der Waals surface area contributed by atoms with Gasteiger partial charge in [-0.25, -0.2) is 4.98 Å². The molecule has 1 aromatic rings. The lowest BCUT2D eigenvalue weighted by Crippen LogP contribution is -2.15. The van der Waals surface area contributed by atoms with Crippen LogP contribution in [-0.2, 0) is 16.6 Å². The Hall–Kier alpha value is -0.450. The Morgan fingerprint density at radius 3 is 3.06 bits per heavy atom. The highest BCUT2D eigenvalue weighted by Crippen LogP contribution is 2.12. The third-order valence-electron chi connectivity index (χ3n) is 2.70. The van der Waals surface area contributed by atoms with Crippen molar-refractivity contribution < 1.29 is 4.21 Å². The van der Waals surface area contributed by atoms with Gasteiger partial charge in [-0.2, -0.15) is 0 Å². The number of halogens is 1. The van der Waals surface area contributed by atoms with Gasteiger partial charge in [0, 0.05) is 22.7 Å². The number of hydrogen-bond donors (Lipinski definition) is 1. The van der Waals surface area contributed by atoms with Gasteiger partial charge < -0.3 is 5.32 Å². The lowest BCUT2D eigenvalue weighted by Gasteiger charge is -2.07. The minimum atomic E-state index is -0.791. The first-order chi connectivity index (χ1) is 7.74. The van der Waals surface area contributed by atoms with E-state index in [9.17, 15) is 4.21 Å². The summed E-state index contributed by atoms with van der Waals surface area (Å²) in [5.74, 6) is 1.94. The summed E-state index contributed by atoms with van der Waals surface area (Å²) in [6, 6.07) is 3.63. The molecule has 88 valence electrons. The fourth-order valence-electron chi connectivity index (χ4n) is 1.86. The van der Waals surface area contributed by atoms with Crippen molar-refractivity contribution in [3.8, 4) is 0 Å². The van der Waals surface area contributed by atoms with Gasteiger partial charge in [0.15, 0.2) is 0 Å². The van der Waals surface area contributed by atoms with Crippen LogP contribution in [0.3, 0.4) is 0 Å². The molecule has 0 spiro atoms. The van der Waals surface area contributed by atoms with Gasteiger partial charge in [0.1, 0.15) is 5.15 Å². The van der Waals surface area contributed by atoms with Crippen molar-refractivity contribution in [2.24, 2.45) is 5.92 Å². The van der Waals surface area contributed by atoms with Crippen LogP contribution in [0.1, 0.15) is 12.0 Å². The van der Waals surface area contributed by atoms with Crippen LogP contribution in [0, 0.1) is 5.92 Å². The van der Waals surface area contributed by atoms with Crippen LogP contribution in [0.25, 0.3) is 0 Å². The van der Waals surface area contributed by atoms with Crippen LogP contribution >= 0.6 is 11.6 Å². The summed E-state index contributed by atoms with van der Waals surface area (Å²) in [7, 11) is -0.791. The van der Waals surface area contributed by atoms with E-state index >= 15 is 0 Å². The third kappa shape index (κ3) is 3.54. The molecule has 1 saturated heterocycles.